The second-order valence-corrected chi connectivity index (χ2v) is 3.96. The number of hydrogen-bond donors (Lipinski definition) is 0. The number of carbonyl (C=O) groups is 1. The van der Waals surface area contributed by atoms with Gasteiger partial charge >= 0.3 is 5.97 Å². The van der Waals surface area contributed by atoms with Crippen LogP contribution in [-0.4, -0.2) is 17.6 Å². The Bertz CT molecular complexity index is 531. The Morgan fingerprint density at radius 2 is 2.06 bits per heavy atom. The largest absolute Gasteiger partial charge is 0.465 e. The van der Waals surface area contributed by atoms with E-state index < -0.39 is 0 Å². The van der Waals surface area contributed by atoms with Crippen molar-refractivity contribution < 1.29 is 13.9 Å². The summed E-state index contributed by atoms with van der Waals surface area (Å²) in [7, 11) is 0. The molecule has 94 valence electrons. The summed E-state index contributed by atoms with van der Waals surface area (Å²) in [6, 6.07) is 9.82. The van der Waals surface area contributed by atoms with Gasteiger partial charge in [0.25, 0.3) is 0 Å². The van der Waals surface area contributed by atoms with Crippen LogP contribution in [0.1, 0.15) is 18.6 Å². The summed E-state index contributed by atoms with van der Waals surface area (Å²) in [4.78, 5) is 15.1. The Kier molecular flexibility index (Phi) is 3.77. The fourth-order valence-corrected chi connectivity index (χ4v) is 1.75. The minimum Gasteiger partial charge on any atom is -0.465 e. The first-order valence-electron chi connectivity index (χ1n) is 5.82. The molecule has 0 N–H and O–H groups in total. The Morgan fingerprint density at radius 1 is 1.33 bits per heavy atom. The highest BCUT2D eigenvalue weighted by atomic mass is 16.5. The Labute approximate surface area is 106 Å². The van der Waals surface area contributed by atoms with E-state index in [0.717, 1.165) is 17.0 Å². The van der Waals surface area contributed by atoms with Crippen LogP contribution in [0, 0.1) is 6.92 Å². The number of oxazole rings is 1. The van der Waals surface area contributed by atoms with Gasteiger partial charge in [-0.25, -0.2) is 4.98 Å². The number of rotatable bonds is 4. The standard InChI is InChI=1S/C14H15NO3/c1-10-15-14(12-6-4-3-5-7-12)13(18-10)8-9-17-11(2)16/h3-7H,8-9H2,1-2H3. The number of ether oxygens (including phenoxy) is 1. The lowest BCUT2D eigenvalue weighted by Crippen LogP contribution is -2.03. The first-order chi connectivity index (χ1) is 8.66. The molecule has 1 aromatic carbocycles. The van der Waals surface area contributed by atoms with E-state index in [9.17, 15) is 4.79 Å². The van der Waals surface area contributed by atoms with Crippen molar-refractivity contribution in [1.82, 2.24) is 4.98 Å². The fourth-order valence-electron chi connectivity index (χ4n) is 1.75. The molecule has 0 radical (unpaired) electrons. The molecule has 4 heteroatoms. The number of aryl methyl sites for hydroxylation is 1. The Morgan fingerprint density at radius 3 is 2.72 bits per heavy atom. The number of hydrogen-bond acceptors (Lipinski definition) is 4. The monoisotopic (exact) mass is 245 g/mol. The fraction of sp³-hybridized carbons (Fsp3) is 0.286. The summed E-state index contributed by atoms with van der Waals surface area (Å²) in [5.41, 5.74) is 1.83. The molecule has 0 aliphatic carbocycles. The van der Waals surface area contributed by atoms with Crippen LogP contribution in [-0.2, 0) is 16.0 Å². The SMILES string of the molecule is CC(=O)OCCc1oc(C)nc1-c1ccccc1. The first-order valence-corrected chi connectivity index (χ1v) is 5.82. The van der Waals surface area contributed by atoms with Crippen molar-refractivity contribution in [1.29, 1.82) is 0 Å². The molecule has 0 bridgehead atoms. The lowest BCUT2D eigenvalue weighted by atomic mass is 10.1. The highest BCUT2D eigenvalue weighted by Gasteiger charge is 2.13. The molecule has 1 aromatic heterocycles. The van der Waals surface area contributed by atoms with Gasteiger partial charge in [0.05, 0.1) is 6.61 Å². The molecule has 0 saturated heterocycles. The molecule has 2 rings (SSSR count). The predicted octanol–water partition coefficient (Wildman–Crippen LogP) is 2.76. The van der Waals surface area contributed by atoms with Crippen molar-refractivity contribution in [2.45, 2.75) is 20.3 Å². The third-order valence-corrected chi connectivity index (χ3v) is 2.49. The summed E-state index contributed by atoms with van der Waals surface area (Å²) in [5, 5.41) is 0. The molecule has 18 heavy (non-hydrogen) atoms. The van der Waals surface area contributed by atoms with E-state index in [1.54, 1.807) is 0 Å². The summed E-state index contributed by atoms with van der Waals surface area (Å²) < 4.78 is 10.5. The average Bonchev–Trinajstić information content (AvgIpc) is 2.71. The topological polar surface area (TPSA) is 52.3 Å². The van der Waals surface area contributed by atoms with E-state index in [1.807, 2.05) is 37.3 Å². The summed E-state index contributed by atoms with van der Waals surface area (Å²) >= 11 is 0. The quantitative estimate of drug-likeness (QED) is 0.777. The van der Waals surface area contributed by atoms with Crippen molar-refractivity contribution >= 4 is 5.97 Å². The highest BCUT2D eigenvalue weighted by Crippen LogP contribution is 2.24. The van der Waals surface area contributed by atoms with E-state index in [0.29, 0.717) is 18.9 Å². The van der Waals surface area contributed by atoms with Crippen LogP contribution >= 0.6 is 0 Å². The van der Waals surface area contributed by atoms with Crippen molar-refractivity contribution in [3.8, 4) is 11.3 Å². The first kappa shape index (κ1) is 12.4. The van der Waals surface area contributed by atoms with Crippen molar-refractivity contribution in [2.75, 3.05) is 6.61 Å². The normalized spacial score (nSPS) is 10.3. The third-order valence-electron chi connectivity index (χ3n) is 2.49. The Balaban J connectivity index is 2.18. The van der Waals surface area contributed by atoms with Crippen LogP contribution in [0.4, 0.5) is 0 Å². The lowest BCUT2D eigenvalue weighted by Gasteiger charge is -2.02. The van der Waals surface area contributed by atoms with Crippen molar-refractivity contribution in [3.63, 3.8) is 0 Å². The Hall–Kier alpha value is -2.10. The predicted molar refractivity (Wildman–Crippen MR) is 67.0 cm³/mol. The maximum absolute atomic E-state index is 10.7. The number of aromatic nitrogens is 1. The van der Waals surface area contributed by atoms with Gasteiger partial charge in [-0.15, -0.1) is 0 Å². The van der Waals surface area contributed by atoms with Crippen LogP contribution in [0.25, 0.3) is 11.3 Å². The van der Waals surface area contributed by atoms with Gasteiger partial charge in [-0.05, 0) is 0 Å². The molecule has 1 heterocycles. The van der Waals surface area contributed by atoms with Gasteiger partial charge in [-0.2, -0.15) is 0 Å². The summed E-state index contributed by atoms with van der Waals surface area (Å²) in [5.74, 6) is 1.08. The van der Waals surface area contributed by atoms with Gasteiger partial charge in [0.2, 0.25) is 0 Å². The number of esters is 1. The zero-order chi connectivity index (χ0) is 13.0. The van der Waals surface area contributed by atoms with Crippen LogP contribution in [0.3, 0.4) is 0 Å². The lowest BCUT2D eigenvalue weighted by molar-refractivity contribution is -0.140. The molecule has 0 spiro atoms. The van der Waals surface area contributed by atoms with Gasteiger partial charge in [-0.3, -0.25) is 4.79 Å². The number of benzene rings is 1. The van der Waals surface area contributed by atoms with Gasteiger partial charge in [0.15, 0.2) is 5.89 Å². The van der Waals surface area contributed by atoms with E-state index in [2.05, 4.69) is 4.98 Å². The van der Waals surface area contributed by atoms with Gasteiger partial charge in [-0.1, -0.05) is 30.3 Å². The highest BCUT2D eigenvalue weighted by molar-refractivity contribution is 5.66. The number of carbonyl (C=O) groups excluding carboxylic acids is 1. The van der Waals surface area contributed by atoms with E-state index in [1.165, 1.54) is 6.92 Å². The van der Waals surface area contributed by atoms with E-state index in [4.69, 9.17) is 9.15 Å². The molecule has 0 saturated carbocycles. The zero-order valence-corrected chi connectivity index (χ0v) is 10.5. The number of nitrogens with zero attached hydrogens (tertiary/aromatic N) is 1. The minimum absolute atomic E-state index is 0.285. The van der Waals surface area contributed by atoms with Gasteiger partial charge in [0.1, 0.15) is 11.5 Å². The summed E-state index contributed by atoms with van der Waals surface area (Å²) in [6.07, 6.45) is 0.532. The molecule has 0 aliphatic heterocycles. The second kappa shape index (κ2) is 5.49. The molecular weight excluding hydrogens is 230 g/mol. The molecule has 0 unspecified atom stereocenters. The second-order valence-electron chi connectivity index (χ2n) is 3.96. The van der Waals surface area contributed by atoms with Crippen LogP contribution in [0.15, 0.2) is 34.7 Å². The molecular formula is C14H15NO3. The van der Waals surface area contributed by atoms with Crippen molar-refractivity contribution in [2.24, 2.45) is 0 Å². The molecule has 0 aliphatic rings. The molecule has 0 amide bonds. The van der Waals surface area contributed by atoms with Gasteiger partial charge < -0.3 is 9.15 Å². The maximum Gasteiger partial charge on any atom is 0.302 e. The summed E-state index contributed by atoms with van der Waals surface area (Å²) in [6.45, 7) is 3.51. The van der Waals surface area contributed by atoms with Crippen LogP contribution < -0.4 is 0 Å². The van der Waals surface area contributed by atoms with Gasteiger partial charge in [0, 0.05) is 25.8 Å². The molecule has 2 aromatic rings. The van der Waals surface area contributed by atoms with E-state index >= 15 is 0 Å². The van der Waals surface area contributed by atoms with Crippen LogP contribution in [0.2, 0.25) is 0 Å². The molecule has 0 fully saturated rings. The minimum atomic E-state index is -0.285. The smallest absolute Gasteiger partial charge is 0.302 e. The van der Waals surface area contributed by atoms with E-state index in [-0.39, 0.29) is 5.97 Å². The zero-order valence-electron chi connectivity index (χ0n) is 10.5. The van der Waals surface area contributed by atoms with Crippen LogP contribution in [0.5, 0.6) is 0 Å². The van der Waals surface area contributed by atoms with Crippen molar-refractivity contribution in [3.05, 3.63) is 42.0 Å². The average molecular weight is 245 g/mol. The third kappa shape index (κ3) is 2.97. The molecule has 0 atom stereocenters. The molecule has 4 nitrogen and oxygen atoms in total. The maximum atomic E-state index is 10.7.